The molecule has 268 valence electrons. The lowest BCUT2D eigenvalue weighted by molar-refractivity contribution is 0.669. The van der Waals surface area contributed by atoms with Gasteiger partial charge in [0.05, 0.1) is 16.6 Å². The fourth-order valence-corrected chi connectivity index (χ4v) is 9.41. The minimum atomic E-state index is 0.127. The molecule has 0 saturated carbocycles. The van der Waals surface area contributed by atoms with Crippen molar-refractivity contribution in [1.82, 2.24) is 4.57 Å². The van der Waals surface area contributed by atoms with Gasteiger partial charge in [-0.1, -0.05) is 152 Å². The molecule has 0 bridgehead atoms. The molecule has 11 rings (SSSR count). The molecule has 6 heteroatoms. The summed E-state index contributed by atoms with van der Waals surface area (Å²) in [4.78, 5) is 9.68. The molecule has 3 heterocycles. The zero-order chi connectivity index (χ0) is 37.9. The minimum absolute atomic E-state index is 0.127. The van der Waals surface area contributed by atoms with Gasteiger partial charge in [-0.05, 0) is 35.9 Å². The van der Waals surface area contributed by atoms with E-state index in [1.54, 1.807) is 6.21 Å². The normalized spacial score (nSPS) is 12.3. The summed E-state index contributed by atoms with van der Waals surface area (Å²) in [6, 6.07) is 62.7. The molecule has 5 nitrogen and oxygen atoms in total. The predicted molar refractivity (Wildman–Crippen MR) is 240 cm³/mol. The predicted octanol–water partition coefficient (Wildman–Crippen LogP) is 13.6. The van der Waals surface area contributed by atoms with Crippen LogP contribution in [0.5, 0.6) is 0 Å². The van der Waals surface area contributed by atoms with Crippen molar-refractivity contribution in [2.75, 3.05) is 0 Å². The third-order valence-corrected chi connectivity index (χ3v) is 12.0. The Balaban J connectivity index is 1.07. The highest BCUT2D eigenvalue weighted by Crippen LogP contribution is 2.45. The fraction of sp³-hybridized carbons (Fsp3) is 0. The molecule has 0 aliphatic carbocycles. The maximum atomic E-state index is 8.91. The van der Waals surface area contributed by atoms with E-state index in [9.17, 15) is 0 Å². The highest BCUT2D eigenvalue weighted by atomic mass is 32.1. The van der Waals surface area contributed by atoms with E-state index in [0.29, 0.717) is 17.0 Å². The number of rotatable bonds is 5. The Morgan fingerprint density at radius 2 is 1.16 bits per heavy atom. The number of nitrogens with zero attached hydrogens (tertiary/aromatic N) is 3. The summed E-state index contributed by atoms with van der Waals surface area (Å²) in [6.07, 6.45) is 1.79. The van der Waals surface area contributed by atoms with E-state index >= 15 is 0 Å². The van der Waals surface area contributed by atoms with E-state index in [0.717, 1.165) is 44.3 Å². The number of amidine groups is 2. The van der Waals surface area contributed by atoms with E-state index in [1.165, 1.54) is 42.0 Å². The van der Waals surface area contributed by atoms with Gasteiger partial charge in [0.15, 0.2) is 11.7 Å². The van der Waals surface area contributed by atoms with E-state index in [2.05, 4.69) is 114 Å². The van der Waals surface area contributed by atoms with E-state index in [1.807, 2.05) is 84.1 Å². The third kappa shape index (κ3) is 5.49. The molecule has 0 fully saturated rings. The van der Waals surface area contributed by atoms with Gasteiger partial charge < -0.3 is 8.98 Å². The van der Waals surface area contributed by atoms with Crippen LogP contribution in [0.25, 0.3) is 80.7 Å². The average Bonchev–Trinajstić information content (AvgIpc) is 3.95. The van der Waals surface area contributed by atoms with Crippen molar-refractivity contribution in [2.24, 2.45) is 9.98 Å². The molecular formula is C51H32N4OS. The molecule has 0 radical (unpaired) electrons. The quantitative estimate of drug-likeness (QED) is 0.138. The number of nitrogens with one attached hydrogen (secondary N) is 1. The van der Waals surface area contributed by atoms with Crippen LogP contribution in [-0.4, -0.2) is 22.5 Å². The number of hydrogen-bond acceptors (Lipinski definition) is 3. The summed E-state index contributed by atoms with van der Waals surface area (Å²) < 4.78 is 11.8. The smallest absolute Gasteiger partial charge is 0.165 e. The molecule has 11 aromatic rings. The van der Waals surface area contributed by atoms with Gasteiger partial charge >= 0.3 is 0 Å². The van der Waals surface area contributed by atoms with E-state index in [4.69, 9.17) is 19.8 Å². The number of para-hydroxylation sites is 4. The molecule has 0 spiro atoms. The van der Waals surface area contributed by atoms with Crippen LogP contribution in [0.15, 0.2) is 196 Å². The zero-order valence-corrected chi connectivity index (χ0v) is 31.4. The molecule has 0 unspecified atom stereocenters. The Bertz CT molecular complexity index is 3370. The summed E-state index contributed by atoms with van der Waals surface area (Å²) in [5.74, 6) is 0.534. The molecule has 1 N–H and O–H groups in total. The van der Waals surface area contributed by atoms with Crippen molar-refractivity contribution in [3.63, 3.8) is 0 Å². The van der Waals surface area contributed by atoms with Crippen molar-refractivity contribution < 1.29 is 4.42 Å². The highest BCUT2D eigenvalue weighted by molar-refractivity contribution is 7.26. The van der Waals surface area contributed by atoms with Gasteiger partial charge in [0.25, 0.3) is 0 Å². The number of aliphatic imine (C=N–C) groups is 2. The number of benzene rings is 8. The van der Waals surface area contributed by atoms with Crippen molar-refractivity contribution in [3.05, 3.63) is 199 Å². The lowest BCUT2D eigenvalue weighted by atomic mass is 10.00. The number of aromatic nitrogens is 1. The minimum Gasteiger partial charge on any atom is -0.455 e. The number of hydrogen-bond donors (Lipinski definition) is 1. The van der Waals surface area contributed by atoms with Crippen molar-refractivity contribution in [3.8, 4) is 16.8 Å². The molecule has 3 aromatic heterocycles. The van der Waals surface area contributed by atoms with Gasteiger partial charge in [0, 0.05) is 70.3 Å². The Kier molecular flexibility index (Phi) is 7.76. The van der Waals surface area contributed by atoms with Gasteiger partial charge in [-0.3, -0.25) is 5.41 Å². The Hall–Kier alpha value is -7.41. The van der Waals surface area contributed by atoms with Crippen LogP contribution in [0, 0.1) is 5.41 Å². The average molecular weight is 749 g/mol. The molecule has 57 heavy (non-hydrogen) atoms. The second kappa shape index (κ2) is 13.4. The second-order valence-corrected chi connectivity index (χ2v) is 15.2. The lowest BCUT2D eigenvalue weighted by Crippen LogP contribution is -2.05. The number of thiophene rings is 1. The number of furan rings is 1. The van der Waals surface area contributed by atoms with Gasteiger partial charge in [-0.15, -0.1) is 11.3 Å². The van der Waals surface area contributed by atoms with Crippen molar-refractivity contribution >= 4 is 93.1 Å². The summed E-state index contributed by atoms with van der Waals surface area (Å²) >= 11 is 1.82. The molecule has 0 saturated heterocycles. The van der Waals surface area contributed by atoms with Gasteiger partial charge in [0.2, 0.25) is 0 Å². The summed E-state index contributed by atoms with van der Waals surface area (Å²) in [5, 5.41) is 15.9. The first-order valence-corrected chi connectivity index (χ1v) is 19.7. The van der Waals surface area contributed by atoms with Crippen LogP contribution < -0.4 is 0 Å². The van der Waals surface area contributed by atoms with Crippen LogP contribution in [0.4, 0.5) is 0 Å². The summed E-state index contributed by atoms with van der Waals surface area (Å²) in [5.41, 5.74) is 9.56. The topological polar surface area (TPSA) is 66.6 Å². The Labute approximate surface area is 331 Å². The summed E-state index contributed by atoms with van der Waals surface area (Å²) in [6.45, 7) is 0. The zero-order valence-electron chi connectivity index (χ0n) is 30.6. The molecule has 0 atom stereocenters. The number of fused-ring (bicyclic) bond motifs is 9. The Morgan fingerprint density at radius 1 is 0.544 bits per heavy atom. The van der Waals surface area contributed by atoms with Crippen molar-refractivity contribution in [1.29, 1.82) is 5.41 Å². The molecule has 0 amide bonds. The van der Waals surface area contributed by atoms with E-state index in [-0.39, 0.29) is 5.84 Å². The first-order valence-electron chi connectivity index (χ1n) is 18.9. The maximum Gasteiger partial charge on any atom is 0.165 e. The van der Waals surface area contributed by atoms with Gasteiger partial charge in [0.1, 0.15) is 11.2 Å². The highest BCUT2D eigenvalue weighted by Gasteiger charge is 2.20. The molecule has 8 aromatic carbocycles. The SMILES string of the molecule is N=C(N=C(N=Cc1ccccc1)c1cccc2c1oc1c(-c3cccc4c3sc3cc(-n5c6ccccc6c6ccccc65)ccc34)cccc12)c1ccccc1. The van der Waals surface area contributed by atoms with Crippen molar-refractivity contribution in [2.45, 2.75) is 0 Å². The first kappa shape index (κ1) is 33.0. The molecule has 0 aliphatic heterocycles. The second-order valence-electron chi connectivity index (χ2n) is 14.1. The van der Waals surface area contributed by atoms with Gasteiger partial charge in [-0.2, -0.15) is 0 Å². The fourth-order valence-electron chi connectivity index (χ4n) is 8.15. The third-order valence-electron chi connectivity index (χ3n) is 10.8. The standard InChI is InChI=1S/C51H32N4OS/c52-50(33-16-5-2-6-17-33)54-51(53-31-32-14-3-1-4-15-32)43-25-12-21-39-38-20-11-22-40(47(38)56-48(39)43)42-24-13-23-41-37-29-28-34(30-46(37)57-49(41)42)55-44-26-9-7-18-35(44)36-19-8-10-27-45(36)55/h1-31,52H. The maximum absolute atomic E-state index is 8.91. The first-order chi connectivity index (χ1) is 28.2. The van der Waals surface area contributed by atoms with Crippen LogP contribution in [0.2, 0.25) is 0 Å². The lowest BCUT2D eigenvalue weighted by Gasteiger charge is -2.08. The van der Waals surface area contributed by atoms with Gasteiger partial charge in [-0.25, -0.2) is 9.98 Å². The Morgan fingerprint density at radius 3 is 1.91 bits per heavy atom. The largest absolute Gasteiger partial charge is 0.455 e. The van der Waals surface area contributed by atoms with Crippen LogP contribution in [-0.2, 0) is 0 Å². The monoisotopic (exact) mass is 748 g/mol. The van der Waals surface area contributed by atoms with Crippen LogP contribution in [0.3, 0.4) is 0 Å². The summed E-state index contributed by atoms with van der Waals surface area (Å²) in [7, 11) is 0. The van der Waals surface area contributed by atoms with Crippen LogP contribution in [0.1, 0.15) is 16.7 Å². The molecular weight excluding hydrogens is 717 g/mol. The van der Waals surface area contributed by atoms with Crippen LogP contribution >= 0.6 is 11.3 Å². The van der Waals surface area contributed by atoms with E-state index < -0.39 is 0 Å². The molecule has 0 aliphatic rings.